The number of hydrogen-bond acceptors (Lipinski definition) is 6. The van der Waals surface area contributed by atoms with Crippen LogP contribution in [0.3, 0.4) is 0 Å². The molecule has 0 saturated heterocycles. The van der Waals surface area contributed by atoms with Gasteiger partial charge >= 0.3 is 0 Å². The minimum absolute atomic E-state index is 0.180. The topological polar surface area (TPSA) is 85.4 Å². The van der Waals surface area contributed by atoms with Gasteiger partial charge in [-0.25, -0.2) is 4.68 Å². The van der Waals surface area contributed by atoms with Crippen LogP contribution in [0.2, 0.25) is 0 Å². The molecule has 30 heavy (non-hydrogen) atoms. The fourth-order valence-electron chi connectivity index (χ4n) is 2.89. The normalized spacial score (nSPS) is 12.0. The number of benzene rings is 3. The summed E-state index contributed by atoms with van der Waals surface area (Å²) in [7, 11) is 0. The molecule has 0 radical (unpaired) electrons. The molecule has 0 saturated carbocycles. The molecule has 7 heteroatoms. The Morgan fingerprint density at radius 1 is 0.800 bits per heavy atom. The summed E-state index contributed by atoms with van der Waals surface area (Å²) in [4.78, 5) is 13.1. The monoisotopic (exact) mass is 394 g/mol. The second kappa shape index (κ2) is 8.83. The molecule has 0 bridgehead atoms. The zero-order valence-corrected chi connectivity index (χ0v) is 16.3. The molecule has 7 nitrogen and oxygen atoms in total. The van der Waals surface area contributed by atoms with Crippen LogP contribution in [0.5, 0.6) is 0 Å². The van der Waals surface area contributed by atoms with E-state index in [9.17, 15) is 4.79 Å². The first-order valence-electron chi connectivity index (χ1n) is 9.33. The highest BCUT2D eigenvalue weighted by molar-refractivity contribution is 6.51. The Labute approximate surface area is 173 Å². The zero-order valence-electron chi connectivity index (χ0n) is 16.3. The molecular formula is C23H18N6O. The fourth-order valence-corrected chi connectivity index (χ4v) is 2.89. The summed E-state index contributed by atoms with van der Waals surface area (Å²) in [5.74, 6) is -0.180. The maximum atomic E-state index is 13.1. The molecule has 146 valence electrons. The highest BCUT2D eigenvalue weighted by atomic mass is 16.1. The molecular weight excluding hydrogens is 376 g/mol. The van der Waals surface area contributed by atoms with E-state index in [-0.39, 0.29) is 11.5 Å². The van der Waals surface area contributed by atoms with Crippen molar-refractivity contribution < 1.29 is 4.79 Å². The van der Waals surface area contributed by atoms with E-state index >= 15 is 0 Å². The van der Waals surface area contributed by atoms with Crippen molar-refractivity contribution in [1.29, 1.82) is 0 Å². The Bertz CT molecular complexity index is 1200. The van der Waals surface area contributed by atoms with Gasteiger partial charge in [-0.1, -0.05) is 72.8 Å². The SMILES string of the molecule is C/C(=N\N=C(\C(=O)c1ccccc1)c1ccccc1)c1cccc(-n2cnnn2)c1. The van der Waals surface area contributed by atoms with Gasteiger partial charge in [0.05, 0.1) is 11.4 Å². The Morgan fingerprint density at radius 3 is 2.13 bits per heavy atom. The van der Waals surface area contributed by atoms with Crippen molar-refractivity contribution in [3.8, 4) is 5.69 Å². The largest absolute Gasteiger partial charge is 0.287 e. The predicted octanol–water partition coefficient (Wildman–Crippen LogP) is 3.76. The van der Waals surface area contributed by atoms with E-state index in [4.69, 9.17) is 0 Å². The average molecular weight is 394 g/mol. The first kappa shape index (κ1) is 19.1. The molecule has 1 aromatic heterocycles. The highest BCUT2D eigenvalue weighted by Crippen LogP contribution is 2.12. The van der Waals surface area contributed by atoms with Crippen molar-refractivity contribution in [1.82, 2.24) is 20.2 Å². The van der Waals surface area contributed by atoms with Crippen molar-refractivity contribution >= 4 is 17.2 Å². The number of nitrogens with zero attached hydrogens (tertiary/aromatic N) is 6. The van der Waals surface area contributed by atoms with Crippen LogP contribution in [0, 0.1) is 0 Å². The standard InChI is InChI=1S/C23H18N6O/c1-17(20-13-8-14-21(15-20)29-16-24-27-28-29)25-26-22(18-9-4-2-5-10-18)23(30)19-11-6-3-7-12-19/h2-16H,1H3/b25-17+,26-22+. The number of tetrazole rings is 1. The summed E-state index contributed by atoms with van der Waals surface area (Å²) < 4.78 is 1.56. The maximum Gasteiger partial charge on any atom is 0.213 e. The summed E-state index contributed by atoms with van der Waals surface area (Å²) in [6, 6.07) is 26.0. The Morgan fingerprint density at radius 2 is 1.47 bits per heavy atom. The highest BCUT2D eigenvalue weighted by Gasteiger charge is 2.16. The molecule has 3 aromatic carbocycles. The summed E-state index contributed by atoms with van der Waals surface area (Å²) >= 11 is 0. The van der Waals surface area contributed by atoms with Crippen LogP contribution >= 0.6 is 0 Å². The van der Waals surface area contributed by atoms with Gasteiger partial charge in [-0.15, -0.1) is 10.2 Å². The van der Waals surface area contributed by atoms with Crippen LogP contribution in [0.15, 0.2) is 101 Å². The molecule has 0 unspecified atom stereocenters. The Kier molecular flexibility index (Phi) is 5.61. The number of carbonyl (C=O) groups is 1. The van der Waals surface area contributed by atoms with E-state index in [1.54, 1.807) is 16.8 Å². The molecule has 0 amide bonds. The number of hydrogen-bond donors (Lipinski definition) is 0. The molecule has 0 aliphatic carbocycles. The van der Waals surface area contributed by atoms with Gasteiger partial charge in [-0.3, -0.25) is 4.79 Å². The number of aromatic nitrogens is 4. The molecule has 0 spiro atoms. The van der Waals surface area contributed by atoms with Crippen LogP contribution in [-0.4, -0.2) is 37.4 Å². The average Bonchev–Trinajstić information content (AvgIpc) is 3.35. The van der Waals surface area contributed by atoms with Crippen molar-refractivity contribution in [2.24, 2.45) is 10.2 Å². The van der Waals surface area contributed by atoms with Crippen LogP contribution in [-0.2, 0) is 0 Å². The van der Waals surface area contributed by atoms with Gasteiger partial charge in [0.1, 0.15) is 12.0 Å². The fraction of sp³-hybridized carbons (Fsp3) is 0.0435. The first-order chi connectivity index (χ1) is 14.7. The lowest BCUT2D eigenvalue weighted by atomic mass is 10.0. The molecule has 0 N–H and O–H groups in total. The van der Waals surface area contributed by atoms with Crippen molar-refractivity contribution in [3.63, 3.8) is 0 Å². The van der Waals surface area contributed by atoms with Gasteiger partial charge in [0.25, 0.3) is 0 Å². The van der Waals surface area contributed by atoms with Crippen LogP contribution in [0.1, 0.15) is 28.4 Å². The number of carbonyl (C=O) groups excluding carboxylic acids is 1. The van der Waals surface area contributed by atoms with Gasteiger partial charge in [0, 0.05) is 11.1 Å². The Balaban J connectivity index is 1.71. The molecule has 0 aliphatic heterocycles. The molecule has 0 atom stereocenters. The summed E-state index contributed by atoms with van der Waals surface area (Å²) in [5, 5.41) is 19.9. The third kappa shape index (κ3) is 4.25. The van der Waals surface area contributed by atoms with E-state index in [1.165, 1.54) is 6.33 Å². The van der Waals surface area contributed by atoms with E-state index in [0.717, 1.165) is 11.3 Å². The summed E-state index contributed by atoms with van der Waals surface area (Å²) in [6.07, 6.45) is 1.52. The van der Waals surface area contributed by atoms with Gasteiger partial charge in [-0.05, 0) is 35.0 Å². The number of rotatable bonds is 6. The molecule has 4 aromatic rings. The third-order valence-corrected chi connectivity index (χ3v) is 4.48. The lowest BCUT2D eigenvalue weighted by Crippen LogP contribution is -2.15. The molecule has 0 aliphatic rings. The van der Waals surface area contributed by atoms with Gasteiger partial charge in [-0.2, -0.15) is 5.10 Å². The number of ketones is 1. The Hall–Kier alpha value is -4.26. The van der Waals surface area contributed by atoms with Crippen LogP contribution in [0.4, 0.5) is 0 Å². The summed E-state index contributed by atoms with van der Waals surface area (Å²) in [6.45, 7) is 1.85. The minimum Gasteiger partial charge on any atom is -0.287 e. The zero-order chi connectivity index (χ0) is 20.8. The van der Waals surface area contributed by atoms with E-state index in [1.807, 2.05) is 79.7 Å². The van der Waals surface area contributed by atoms with Gasteiger partial charge in [0.2, 0.25) is 5.78 Å². The van der Waals surface area contributed by atoms with E-state index in [2.05, 4.69) is 25.7 Å². The third-order valence-electron chi connectivity index (χ3n) is 4.48. The van der Waals surface area contributed by atoms with Gasteiger partial charge < -0.3 is 0 Å². The quantitative estimate of drug-likeness (QED) is 0.283. The molecule has 0 fully saturated rings. The number of Topliss-reactive ketones (excluding diaryl/α,β-unsaturated/α-hetero) is 1. The minimum atomic E-state index is -0.180. The lowest BCUT2D eigenvalue weighted by molar-refractivity contribution is 0.106. The second-order valence-electron chi connectivity index (χ2n) is 6.50. The van der Waals surface area contributed by atoms with Crippen LogP contribution in [0.25, 0.3) is 5.69 Å². The maximum absolute atomic E-state index is 13.1. The first-order valence-corrected chi connectivity index (χ1v) is 9.33. The van der Waals surface area contributed by atoms with Crippen molar-refractivity contribution in [2.75, 3.05) is 0 Å². The van der Waals surface area contributed by atoms with Crippen LogP contribution < -0.4 is 0 Å². The smallest absolute Gasteiger partial charge is 0.213 e. The van der Waals surface area contributed by atoms with Crippen molar-refractivity contribution in [3.05, 3.63) is 108 Å². The molecule has 1 heterocycles. The predicted molar refractivity (Wildman–Crippen MR) is 115 cm³/mol. The molecule has 4 rings (SSSR count). The van der Waals surface area contributed by atoms with E-state index < -0.39 is 0 Å². The van der Waals surface area contributed by atoms with Crippen molar-refractivity contribution in [2.45, 2.75) is 6.92 Å². The van der Waals surface area contributed by atoms with E-state index in [0.29, 0.717) is 16.8 Å². The second-order valence-corrected chi connectivity index (χ2v) is 6.50. The van der Waals surface area contributed by atoms with Gasteiger partial charge in [0.15, 0.2) is 0 Å². The lowest BCUT2D eigenvalue weighted by Gasteiger charge is -2.06. The summed E-state index contributed by atoms with van der Waals surface area (Å²) in [5.41, 5.74) is 3.89.